The summed E-state index contributed by atoms with van der Waals surface area (Å²) in [5.74, 6) is 0.0628. The molecule has 0 aliphatic heterocycles. The zero-order chi connectivity index (χ0) is 20.6. The number of fused-ring (bicyclic) bond motifs is 1. The van der Waals surface area contributed by atoms with E-state index in [2.05, 4.69) is 25.9 Å². The van der Waals surface area contributed by atoms with E-state index < -0.39 is 5.97 Å². The highest BCUT2D eigenvalue weighted by Crippen LogP contribution is 2.11. The number of amides is 1. The third-order valence-corrected chi connectivity index (χ3v) is 4.03. The van der Waals surface area contributed by atoms with Crippen LogP contribution in [0.1, 0.15) is 24.7 Å². The first kappa shape index (κ1) is 20.2. The molecule has 0 fully saturated rings. The number of nitrogens with zero attached hydrogens (tertiary/aromatic N) is 4. The fraction of sp³-hybridized carbons (Fsp3) is 0.316. The second-order valence-electron chi connectivity index (χ2n) is 6.17. The Bertz CT molecular complexity index is 989. The molecule has 0 aliphatic rings. The maximum atomic E-state index is 13.0. The highest BCUT2D eigenvalue weighted by molar-refractivity contribution is 5.81. The molecule has 2 N–H and O–H groups in total. The molecule has 1 aromatic carbocycles. The van der Waals surface area contributed by atoms with Crippen molar-refractivity contribution in [1.29, 1.82) is 0 Å². The second-order valence-corrected chi connectivity index (χ2v) is 6.17. The van der Waals surface area contributed by atoms with Crippen molar-refractivity contribution in [2.45, 2.75) is 26.3 Å². The number of carbonyl (C=O) groups excluding carboxylic acids is 2. The molecule has 10 heteroatoms. The van der Waals surface area contributed by atoms with Gasteiger partial charge in [0.2, 0.25) is 5.91 Å². The first-order chi connectivity index (χ1) is 14.0. The molecule has 0 aliphatic carbocycles. The maximum Gasteiger partial charge on any atom is 0.325 e. The minimum absolute atomic E-state index is 0.134. The number of nitrogens with one attached hydrogen (secondary N) is 2. The van der Waals surface area contributed by atoms with Crippen LogP contribution in [0.15, 0.2) is 36.4 Å². The van der Waals surface area contributed by atoms with Crippen molar-refractivity contribution in [3.05, 3.63) is 53.6 Å². The zero-order valence-corrected chi connectivity index (χ0v) is 15.9. The number of anilines is 1. The van der Waals surface area contributed by atoms with Crippen LogP contribution in [0.2, 0.25) is 0 Å². The van der Waals surface area contributed by atoms with E-state index in [4.69, 9.17) is 4.74 Å². The van der Waals surface area contributed by atoms with Crippen LogP contribution in [0, 0.1) is 5.82 Å². The average Bonchev–Trinajstić information content (AvgIpc) is 3.13. The summed E-state index contributed by atoms with van der Waals surface area (Å²) in [6, 6.07) is 9.72. The lowest BCUT2D eigenvalue weighted by Crippen LogP contribution is -2.30. The number of aryl methyl sites for hydroxylation is 1. The Morgan fingerprint density at radius 3 is 2.69 bits per heavy atom. The van der Waals surface area contributed by atoms with Gasteiger partial charge in [-0.25, -0.2) is 4.39 Å². The second kappa shape index (κ2) is 9.58. The summed E-state index contributed by atoms with van der Waals surface area (Å²) >= 11 is 0. The van der Waals surface area contributed by atoms with Gasteiger partial charge in [0.05, 0.1) is 6.61 Å². The van der Waals surface area contributed by atoms with Crippen LogP contribution in [0.3, 0.4) is 0 Å². The van der Waals surface area contributed by atoms with E-state index in [-0.39, 0.29) is 31.3 Å². The van der Waals surface area contributed by atoms with Gasteiger partial charge >= 0.3 is 5.97 Å². The van der Waals surface area contributed by atoms with E-state index in [9.17, 15) is 14.0 Å². The number of ether oxygens (including phenoxy) is 1. The molecule has 2 heterocycles. The first-order valence-electron chi connectivity index (χ1n) is 9.17. The van der Waals surface area contributed by atoms with E-state index in [0.717, 1.165) is 5.56 Å². The van der Waals surface area contributed by atoms with Crippen LogP contribution >= 0.6 is 0 Å². The third-order valence-electron chi connectivity index (χ3n) is 4.03. The highest BCUT2D eigenvalue weighted by Gasteiger charge is 2.11. The average molecular weight is 400 g/mol. The van der Waals surface area contributed by atoms with Gasteiger partial charge in [-0.2, -0.15) is 4.52 Å². The highest BCUT2D eigenvalue weighted by atomic mass is 19.1. The van der Waals surface area contributed by atoms with Gasteiger partial charge in [-0.3, -0.25) is 9.59 Å². The van der Waals surface area contributed by atoms with Crippen molar-refractivity contribution in [2.24, 2.45) is 0 Å². The monoisotopic (exact) mass is 400 g/mol. The SMILES string of the molecule is CCOC(=O)CNC(=O)CCc1nnc2ccc(NCc3ccc(F)cc3)nn12. The van der Waals surface area contributed by atoms with Gasteiger partial charge in [-0.15, -0.1) is 15.3 Å². The largest absolute Gasteiger partial charge is 0.465 e. The number of halogens is 1. The van der Waals surface area contributed by atoms with Gasteiger partial charge in [0.1, 0.15) is 18.2 Å². The Morgan fingerprint density at radius 1 is 1.14 bits per heavy atom. The first-order valence-corrected chi connectivity index (χ1v) is 9.17. The number of hydrogen-bond acceptors (Lipinski definition) is 7. The molecule has 9 nitrogen and oxygen atoms in total. The van der Waals surface area contributed by atoms with Crippen LogP contribution in [-0.4, -0.2) is 44.8 Å². The molecule has 29 heavy (non-hydrogen) atoms. The summed E-state index contributed by atoms with van der Waals surface area (Å²) in [6.45, 7) is 2.28. The van der Waals surface area contributed by atoms with Gasteiger partial charge in [0.15, 0.2) is 11.5 Å². The number of rotatable bonds is 9. The van der Waals surface area contributed by atoms with Crippen molar-refractivity contribution in [1.82, 2.24) is 25.1 Å². The fourth-order valence-corrected chi connectivity index (χ4v) is 2.57. The van der Waals surface area contributed by atoms with E-state index in [1.54, 1.807) is 35.7 Å². The molecule has 0 radical (unpaired) electrons. The van der Waals surface area contributed by atoms with E-state index in [1.165, 1.54) is 12.1 Å². The molecule has 1 amide bonds. The Morgan fingerprint density at radius 2 is 1.93 bits per heavy atom. The predicted octanol–water partition coefficient (Wildman–Crippen LogP) is 1.49. The molecule has 3 rings (SSSR count). The molecule has 0 unspecified atom stereocenters. The molecule has 0 spiro atoms. The van der Waals surface area contributed by atoms with Gasteiger partial charge in [0, 0.05) is 19.4 Å². The van der Waals surface area contributed by atoms with Gasteiger partial charge in [-0.1, -0.05) is 12.1 Å². The normalized spacial score (nSPS) is 10.7. The van der Waals surface area contributed by atoms with Crippen molar-refractivity contribution < 1.29 is 18.7 Å². The topological polar surface area (TPSA) is 111 Å². The molecule has 0 saturated heterocycles. The van der Waals surface area contributed by atoms with Gasteiger partial charge in [-0.05, 0) is 36.8 Å². The van der Waals surface area contributed by atoms with Crippen LogP contribution in [0.25, 0.3) is 5.65 Å². The van der Waals surface area contributed by atoms with Crippen molar-refractivity contribution in [3.8, 4) is 0 Å². The number of hydrogen-bond donors (Lipinski definition) is 2. The molecule has 0 bridgehead atoms. The molecular weight excluding hydrogens is 379 g/mol. The Balaban J connectivity index is 1.58. The molecular formula is C19H21FN6O3. The molecule has 0 atom stereocenters. The third kappa shape index (κ3) is 5.71. The lowest BCUT2D eigenvalue weighted by Gasteiger charge is -2.07. The Labute approximate surface area is 166 Å². The van der Waals surface area contributed by atoms with Crippen LogP contribution in [0.5, 0.6) is 0 Å². The van der Waals surface area contributed by atoms with Crippen molar-refractivity contribution in [3.63, 3.8) is 0 Å². The van der Waals surface area contributed by atoms with Crippen LogP contribution in [0.4, 0.5) is 10.2 Å². The van der Waals surface area contributed by atoms with E-state index in [0.29, 0.717) is 30.3 Å². The molecule has 2 aromatic heterocycles. The Hall–Kier alpha value is -3.56. The van der Waals surface area contributed by atoms with E-state index >= 15 is 0 Å². The number of benzene rings is 1. The fourth-order valence-electron chi connectivity index (χ4n) is 2.57. The van der Waals surface area contributed by atoms with Crippen molar-refractivity contribution in [2.75, 3.05) is 18.5 Å². The minimum Gasteiger partial charge on any atom is -0.465 e. The number of carbonyl (C=O) groups is 2. The summed E-state index contributed by atoms with van der Waals surface area (Å²) in [5.41, 5.74) is 1.47. The summed E-state index contributed by atoms with van der Waals surface area (Å²) in [6.07, 6.45) is 0.444. The lowest BCUT2D eigenvalue weighted by atomic mass is 10.2. The summed E-state index contributed by atoms with van der Waals surface area (Å²) in [5, 5.41) is 18.2. The van der Waals surface area contributed by atoms with E-state index in [1.807, 2.05) is 0 Å². The molecule has 152 valence electrons. The summed E-state index contributed by atoms with van der Waals surface area (Å²) < 4.78 is 19.3. The van der Waals surface area contributed by atoms with Gasteiger partial charge in [0.25, 0.3) is 0 Å². The predicted molar refractivity (Wildman–Crippen MR) is 102 cm³/mol. The smallest absolute Gasteiger partial charge is 0.325 e. The quantitative estimate of drug-likeness (QED) is 0.524. The summed E-state index contributed by atoms with van der Waals surface area (Å²) in [4.78, 5) is 23.2. The summed E-state index contributed by atoms with van der Waals surface area (Å²) in [7, 11) is 0. The maximum absolute atomic E-state index is 13.0. The van der Waals surface area contributed by atoms with Crippen LogP contribution in [-0.2, 0) is 27.3 Å². The Kier molecular flexibility index (Phi) is 6.67. The number of esters is 1. The number of aromatic nitrogens is 4. The minimum atomic E-state index is -0.479. The standard InChI is InChI=1S/C19H21FN6O3/c1-2-29-19(28)12-22-18(27)10-9-17-24-23-16-8-7-15(25-26(16)17)21-11-13-3-5-14(20)6-4-13/h3-8H,2,9-12H2,1H3,(H,21,25)(H,22,27). The molecule has 3 aromatic rings. The van der Waals surface area contributed by atoms with Gasteiger partial charge < -0.3 is 15.4 Å². The van der Waals surface area contributed by atoms with Crippen LogP contribution < -0.4 is 10.6 Å². The zero-order valence-electron chi connectivity index (χ0n) is 15.9. The molecule has 0 saturated carbocycles. The van der Waals surface area contributed by atoms with Crippen molar-refractivity contribution >= 4 is 23.3 Å². The lowest BCUT2D eigenvalue weighted by molar-refractivity contribution is -0.143.